The highest BCUT2D eigenvalue weighted by Crippen LogP contribution is 2.20. The number of hydrogen-bond acceptors (Lipinski definition) is 5. The monoisotopic (exact) mass is 401 g/mol. The van der Waals surface area contributed by atoms with Gasteiger partial charge in [-0.2, -0.15) is 0 Å². The van der Waals surface area contributed by atoms with Crippen LogP contribution in [-0.4, -0.2) is 53.1 Å². The molecule has 0 aliphatic carbocycles. The van der Waals surface area contributed by atoms with Crippen molar-refractivity contribution in [1.29, 1.82) is 0 Å². The molecule has 0 radical (unpaired) electrons. The summed E-state index contributed by atoms with van der Waals surface area (Å²) in [6, 6.07) is 20.9. The second-order valence-corrected chi connectivity index (χ2v) is 7.18. The Morgan fingerprint density at radius 1 is 0.867 bits per heavy atom. The van der Waals surface area contributed by atoms with E-state index in [1.807, 2.05) is 47.4 Å². The number of nitrogens with one attached hydrogen (secondary N) is 1. The maximum Gasteiger partial charge on any atom is 0.254 e. The van der Waals surface area contributed by atoms with Crippen molar-refractivity contribution >= 4 is 23.3 Å². The second kappa shape index (κ2) is 8.73. The zero-order valence-corrected chi connectivity index (χ0v) is 16.8. The van der Waals surface area contributed by atoms with E-state index < -0.39 is 0 Å². The number of carbonyl (C=O) groups excluding carboxylic acids is 2. The number of anilines is 2. The van der Waals surface area contributed by atoms with Crippen molar-refractivity contribution in [2.45, 2.75) is 6.92 Å². The zero-order chi connectivity index (χ0) is 20.9. The number of benzene rings is 2. The third kappa shape index (κ3) is 4.46. The summed E-state index contributed by atoms with van der Waals surface area (Å²) in [5, 5.41) is 11.4. The molecule has 1 saturated heterocycles. The smallest absolute Gasteiger partial charge is 0.254 e. The van der Waals surface area contributed by atoms with Gasteiger partial charge >= 0.3 is 0 Å². The summed E-state index contributed by atoms with van der Waals surface area (Å²) in [4.78, 5) is 28.1. The molecule has 0 bridgehead atoms. The molecule has 0 atom stereocenters. The molecule has 1 aliphatic heterocycles. The van der Waals surface area contributed by atoms with Crippen molar-refractivity contribution in [3.8, 4) is 11.3 Å². The van der Waals surface area contributed by atoms with E-state index in [0.717, 1.165) is 17.1 Å². The van der Waals surface area contributed by atoms with E-state index in [0.29, 0.717) is 37.4 Å². The lowest BCUT2D eigenvalue weighted by molar-refractivity contribution is -0.114. The second-order valence-electron chi connectivity index (χ2n) is 7.18. The van der Waals surface area contributed by atoms with Crippen LogP contribution < -0.4 is 10.2 Å². The van der Waals surface area contributed by atoms with Crippen LogP contribution in [0.2, 0.25) is 0 Å². The fraction of sp³-hybridized carbons (Fsp3) is 0.217. The molecule has 0 unspecified atom stereocenters. The first-order valence-electron chi connectivity index (χ1n) is 9.91. The number of nitrogens with zero attached hydrogens (tertiary/aromatic N) is 4. The van der Waals surface area contributed by atoms with E-state index in [1.165, 1.54) is 6.92 Å². The number of carbonyl (C=O) groups is 2. The van der Waals surface area contributed by atoms with Gasteiger partial charge in [0.1, 0.15) is 0 Å². The van der Waals surface area contributed by atoms with Crippen molar-refractivity contribution in [2.24, 2.45) is 0 Å². The van der Waals surface area contributed by atoms with Crippen LogP contribution in [-0.2, 0) is 4.79 Å². The van der Waals surface area contributed by atoms with Crippen molar-refractivity contribution in [3.63, 3.8) is 0 Å². The van der Waals surface area contributed by atoms with Crippen LogP contribution >= 0.6 is 0 Å². The van der Waals surface area contributed by atoms with Gasteiger partial charge in [-0.15, -0.1) is 10.2 Å². The van der Waals surface area contributed by atoms with Crippen molar-refractivity contribution in [2.75, 3.05) is 36.4 Å². The minimum atomic E-state index is -0.160. The van der Waals surface area contributed by atoms with Gasteiger partial charge in [0, 0.05) is 49.9 Å². The quantitative estimate of drug-likeness (QED) is 0.727. The number of amides is 2. The largest absolute Gasteiger partial charge is 0.352 e. The molecule has 1 N–H and O–H groups in total. The first-order valence-corrected chi connectivity index (χ1v) is 9.91. The maximum absolute atomic E-state index is 12.8. The molecule has 2 heterocycles. The van der Waals surface area contributed by atoms with E-state index in [2.05, 4.69) is 20.4 Å². The van der Waals surface area contributed by atoms with Gasteiger partial charge < -0.3 is 15.1 Å². The van der Waals surface area contributed by atoms with Gasteiger partial charge in [0.05, 0.1) is 5.69 Å². The van der Waals surface area contributed by atoms with Gasteiger partial charge in [-0.05, 0) is 30.3 Å². The first kappa shape index (κ1) is 19.6. The van der Waals surface area contributed by atoms with Gasteiger partial charge in [0.25, 0.3) is 5.91 Å². The van der Waals surface area contributed by atoms with Crippen LogP contribution in [0.5, 0.6) is 0 Å². The number of aromatic nitrogens is 2. The van der Waals surface area contributed by atoms with Crippen LogP contribution in [0.4, 0.5) is 11.5 Å². The average Bonchev–Trinajstić information content (AvgIpc) is 2.79. The van der Waals surface area contributed by atoms with Crippen molar-refractivity contribution < 1.29 is 9.59 Å². The molecule has 1 aliphatic rings. The Hall–Kier alpha value is -3.74. The van der Waals surface area contributed by atoms with Crippen LogP contribution in [0.1, 0.15) is 17.3 Å². The molecule has 4 rings (SSSR count). The molecule has 7 nitrogen and oxygen atoms in total. The SMILES string of the molecule is CC(=O)Nc1cccc(C(=O)N2CCN(c3ccc(-c4ccccc4)nn3)CC2)c1. The van der Waals surface area contributed by atoms with E-state index in [9.17, 15) is 9.59 Å². The Kier molecular flexibility index (Phi) is 5.70. The summed E-state index contributed by atoms with van der Waals surface area (Å²) < 4.78 is 0. The van der Waals surface area contributed by atoms with Gasteiger partial charge in [-0.25, -0.2) is 0 Å². The molecule has 0 saturated carbocycles. The standard InChI is InChI=1S/C23H23N5O2/c1-17(29)24-20-9-5-8-19(16-20)23(30)28-14-12-27(13-15-28)22-11-10-21(25-26-22)18-6-3-2-4-7-18/h2-11,16H,12-15H2,1H3,(H,24,29). The minimum absolute atomic E-state index is 0.0349. The topological polar surface area (TPSA) is 78.4 Å². The van der Waals surface area contributed by atoms with Gasteiger partial charge in [-0.1, -0.05) is 36.4 Å². The summed E-state index contributed by atoms with van der Waals surface area (Å²) in [5.74, 6) is 0.620. The summed E-state index contributed by atoms with van der Waals surface area (Å²) in [6.07, 6.45) is 0. The fourth-order valence-electron chi connectivity index (χ4n) is 3.51. The van der Waals surface area contributed by atoms with E-state index in [1.54, 1.807) is 24.3 Å². The molecule has 0 spiro atoms. The Balaban J connectivity index is 1.38. The lowest BCUT2D eigenvalue weighted by Gasteiger charge is -2.35. The van der Waals surface area contributed by atoms with Crippen LogP contribution in [0.3, 0.4) is 0 Å². The highest BCUT2D eigenvalue weighted by atomic mass is 16.2. The summed E-state index contributed by atoms with van der Waals surface area (Å²) in [5.41, 5.74) is 3.07. The van der Waals surface area contributed by atoms with Crippen molar-refractivity contribution in [1.82, 2.24) is 15.1 Å². The highest BCUT2D eigenvalue weighted by Gasteiger charge is 2.23. The molecule has 1 aromatic heterocycles. The highest BCUT2D eigenvalue weighted by molar-refractivity contribution is 5.97. The molecule has 152 valence electrons. The molecule has 30 heavy (non-hydrogen) atoms. The van der Waals surface area contributed by atoms with Gasteiger partial charge in [0.15, 0.2) is 5.82 Å². The zero-order valence-electron chi connectivity index (χ0n) is 16.8. The maximum atomic E-state index is 12.8. The minimum Gasteiger partial charge on any atom is -0.352 e. The Morgan fingerprint density at radius 3 is 2.30 bits per heavy atom. The summed E-state index contributed by atoms with van der Waals surface area (Å²) >= 11 is 0. The molecule has 1 fully saturated rings. The third-order valence-electron chi connectivity index (χ3n) is 5.04. The van der Waals surface area contributed by atoms with Gasteiger partial charge in [-0.3, -0.25) is 9.59 Å². The first-order chi connectivity index (χ1) is 14.6. The van der Waals surface area contributed by atoms with Crippen LogP contribution in [0.25, 0.3) is 11.3 Å². The predicted octanol–water partition coefficient (Wildman–Crippen LogP) is 3.06. The van der Waals surface area contributed by atoms with E-state index >= 15 is 0 Å². The summed E-state index contributed by atoms with van der Waals surface area (Å²) in [6.45, 7) is 4.03. The molecule has 2 aromatic carbocycles. The molecule has 2 amide bonds. The third-order valence-corrected chi connectivity index (χ3v) is 5.04. The molecule has 3 aromatic rings. The number of hydrogen-bond donors (Lipinski definition) is 1. The Morgan fingerprint density at radius 2 is 1.63 bits per heavy atom. The lowest BCUT2D eigenvalue weighted by Crippen LogP contribution is -2.49. The molecular weight excluding hydrogens is 378 g/mol. The van der Waals surface area contributed by atoms with Crippen LogP contribution in [0.15, 0.2) is 66.7 Å². The van der Waals surface area contributed by atoms with Crippen LogP contribution in [0, 0.1) is 0 Å². The predicted molar refractivity (Wildman–Crippen MR) is 116 cm³/mol. The lowest BCUT2D eigenvalue weighted by atomic mass is 10.1. The molecular formula is C23H23N5O2. The van der Waals surface area contributed by atoms with E-state index in [4.69, 9.17) is 0 Å². The van der Waals surface area contributed by atoms with Gasteiger partial charge in [0.2, 0.25) is 5.91 Å². The Labute approximate surface area is 175 Å². The number of piperazine rings is 1. The Bertz CT molecular complexity index is 1030. The normalized spacial score (nSPS) is 13.8. The summed E-state index contributed by atoms with van der Waals surface area (Å²) in [7, 11) is 0. The van der Waals surface area contributed by atoms with E-state index in [-0.39, 0.29) is 11.8 Å². The molecule has 7 heteroatoms. The average molecular weight is 401 g/mol. The van der Waals surface area contributed by atoms with Crippen molar-refractivity contribution in [3.05, 3.63) is 72.3 Å². The number of rotatable bonds is 4. The fourth-order valence-corrected chi connectivity index (χ4v) is 3.51.